The number of rotatable bonds is 7. The third-order valence-electron chi connectivity index (χ3n) is 3.87. The molecule has 0 saturated carbocycles. The molecule has 1 aromatic rings. The number of Topliss-reactive ketones (excluding diaryl/α,β-unsaturated/α-hetero) is 1. The maximum atomic E-state index is 12.9. The number of ether oxygens (including phenoxy) is 1. The first-order chi connectivity index (χ1) is 11.8. The highest BCUT2D eigenvalue weighted by molar-refractivity contribution is 7.89. The van der Waals surface area contributed by atoms with Crippen LogP contribution in [0.1, 0.15) is 52.0 Å². The second-order valence-corrected chi connectivity index (χ2v) is 7.72. The van der Waals surface area contributed by atoms with Crippen molar-refractivity contribution in [1.82, 2.24) is 4.31 Å². The van der Waals surface area contributed by atoms with E-state index in [1.54, 1.807) is 18.2 Å². The van der Waals surface area contributed by atoms with Crippen molar-refractivity contribution in [2.75, 3.05) is 6.54 Å². The molecule has 7 heteroatoms. The third kappa shape index (κ3) is 3.76. The fourth-order valence-electron chi connectivity index (χ4n) is 2.72. The summed E-state index contributed by atoms with van der Waals surface area (Å²) in [5, 5.41) is 0. The van der Waals surface area contributed by atoms with E-state index in [0.29, 0.717) is 12.8 Å². The van der Waals surface area contributed by atoms with Gasteiger partial charge in [-0.05, 0) is 25.0 Å². The SMILES string of the molecule is CCCCC(=O)OC1=C(C(C)=O)N(CCC)S(=O)(=O)c2ccccc21. The number of hydrogen-bond donors (Lipinski definition) is 0. The van der Waals surface area contributed by atoms with E-state index in [0.717, 1.165) is 10.7 Å². The van der Waals surface area contributed by atoms with Crippen molar-refractivity contribution in [3.63, 3.8) is 0 Å². The van der Waals surface area contributed by atoms with E-state index in [1.165, 1.54) is 13.0 Å². The van der Waals surface area contributed by atoms with E-state index in [4.69, 9.17) is 4.74 Å². The van der Waals surface area contributed by atoms with Crippen molar-refractivity contribution in [1.29, 1.82) is 0 Å². The van der Waals surface area contributed by atoms with Gasteiger partial charge >= 0.3 is 5.97 Å². The molecule has 0 N–H and O–H groups in total. The number of esters is 1. The fraction of sp³-hybridized carbons (Fsp3) is 0.444. The Kier molecular flexibility index (Phi) is 6.00. The van der Waals surface area contributed by atoms with Gasteiger partial charge in [-0.25, -0.2) is 8.42 Å². The van der Waals surface area contributed by atoms with Crippen LogP contribution >= 0.6 is 0 Å². The number of carbonyl (C=O) groups is 2. The summed E-state index contributed by atoms with van der Waals surface area (Å²) in [5.41, 5.74) is 0.176. The van der Waals surface area contributed by atoms with E-state index in [-0.39, 0.29) is 34.9 Å². The number of sulfonamides is 1. The summed E-state index contributed by atoms with van der Waals surface area (Å²) < 4.78 is 32.4. The molecular weight excluding hydrogens is 342 g/mol. The maximum absolute atomic E-state index is 12.9. The molecule has 1 aromatic carbocycles. The van der Waals surface area contributed by atoms with Gasteiger partial charge in [0.25, 0.3) is 10.0 Å². The Labute approximate surface area is 148 Å². The van der Waals surface area contributed by atoms with E-state index >= 15 is 0 Å². The summed E-state index contributed by atoms with van der Waals surface area (Å²) in [7, 11) is -3.86. The van der Waals surface area contributed by atoms with E-state index in [1.807, 2.05) is 13.8 Å². The predicted octanol–water partition coefficient (Wildman–Crippen LogP) is 3.09. The van der Waals surface area contributed by atoms with Gasteiger partial charge in [-0.15, -0.1) is 0 Å². The first kappa shape index (κ1) is 19.2. The lowest BCUT2D eigenvalue weighted by Crippen LogP contribution is -2.38. The Morgan fingerprint density at radius 3 is 2.40 bits per heavy atom. The van der Waals surface area contributed by atoms with Crippen LogP contribution in [-0.4, -0.2) is 31.0 Å². The number of carbonyl (C=O) groups excluding carboxylic acids is 2. The molecular formula is C18H23NO5S. The van der Waals surface area contributed by atoms with Gasteiger partial charge in [0.05, 0.1) is 4.90 Å². The molecule has 1 aliphatic rings. The summed E-state index contributed by atoms with van der Waals surface area (Å²) >= 11 is 0. The smallest absolute Gasteiger partial charge is 0.311 e. The van der Waals surface area contributed by atoms with Crippen molar-refractivity contribution in [2.24, 2.45) is 0 Å². The highest BCUT2D eigenvalue weighted by Gasteiger charge is 2.39. The van der Waals surface area contributed by atoms with Crippen LogP contribution in [0.2, 0.25) is 0 Å². The average Bonchev–Trinajstić information content (AvgIpc) is 2.57. The van der Waals surface area contributed by atoms with E-state index < -0.39 is 21.8 Å². The van der Waals surface area contributed by atoms with Gasteiger partial charge in [-0.2, -0.15) is 0 Å². The normalized spacial score (nSPS) is 15.7. The van der Waals surface area contributed by atoms with Crippen molar-refractivity contribution in [3.05, 3.63) is 35.5 Å². The molecule has 0 saturated heterocycles. The number of allylic oxidation sites excluding steroid dienone is 1. The van der Waals surface area contributed by atoms with Crippen molar-refractivity contribution in [3.8, 4) is 0 Å². The average molecular weight is 365 g/mol. The first-order valence-electron chi connectivity index (χ1n) is 8.42. The van der Waals surface area contributed by atoms with Gasteiger partial charge in [-0.1, -0.05) is 32.4 Å². The van der Waals surface area contributed by atoms with E-state index in [2.05, 4.69) is 0 Å². The molecule has 0 radical (unpaired) electrons. The second-order valence-electron chi connectivity index (χ2n) is 5.88. The lowest BCUT2D eigenvalue weighted by Gasteiger charge is -2.32. The molecule has 0 bridgehead atoms. The zero-order valence-corrected chi connectivity index (χ0v) is 15.6. The predicted molar refractivity (Wildman–Crippen MR) is 93.8 cm³/mol. The summed E-state index contributed by atoms with van der Waals surface area (Å²) in [6, 6.07) is 6.28. The van der Waals surface area contributed by atoms with Gasteiger partial charge in [0.2, 0.25) is 0 Å². The van der Waals surface area contributed by atoms with Gasteiger partial charge in [0.15, 0.2) is 11.5 Å². The number of benzene rings is 1. The highest BCUT2D eigenvalue weighted by atomic mass is 32.2. The van der Waals surface area contributed by atoms with Crippen LogP contribution in [0.5, 0.6) is 0 Å². The molecule has 25 heavy (non-hydrogen) atoms. The quantitative estimate of drug-likeness (QED) is 0.694. The standard InChI is InChI=1S/C18H23NO5S/c1-4-6-11-16(21)24-18-14-9-7-8-10-15(14)25(22,23)19(12-5-2)17(18)13(3)20/h7-10H,4-6,11-12H2,1-3H3. The van der Waals surface area contributed by atoms with Crippen LogP contribution in [0.3, 0.4) is 0 Å². The van der Waals surface area contributed by atoms with Gasteiger partial charge in [0, 0.05) is 25.5 Å². The summed E-state index contributed by atoms with van der Waals surface area (Å²) in [5.74, 6) is -0.890. The second kappa shape index (κ2) is 7.82. The topological polar surface area (TPSA) is 80.8 Å². The molecule has 0 aliphatic carbocycles. The first-order valence-corrected chi connectivity index (χ1v) is 9.86. The number of fused-ring (bicyclic) bond motifs is 1. The van der Waals surface area contributed by atoms with Crippen molar-refractivity contribution < 1.29 is 22.7 Å². The van der Waals surface area contributed by atoms with Crippen LogP contribution in [0.25, 0.3) is 5.76 Å². The molecule has 6 nitrogen and oxygen atoms in total. The lowest BCUT2D eigenvalue weighted by molar-refractivity contribution is -0.136. The summed E-state index contributed by atoms with van der Waals surface area (Å²) in [6.45, 7) is 5.20. The number of ketones is 1. The maximum Gasteiger partial charge on any atom is 0.311 e. The number of hydrogen-bond acceptors (Lipinski definition) is 5. The third-order valence-corrected chi connectivity index (χ3v) is 5.73. The van der Waals surface area contributed by atoms with Gasteiger partial charge in [0.1, 0.15) is 5.70 Å². The molecule has 0 unspecified atom stereocenters. The Bertz CT molecular complexity index is 811. The summed E-state index contributed by atoms with van der Waals surface area (Å²) in [4.78, 5) is 24.4. The van der Waals surface area contributed by atoms with Gasteiger partial charge in [-0.3, -0.25) is 13.9 Å². The number of unbranched alkanes of at least 4 members (excludes halogenated alkanes) is 1. The molecule has 0 aromatic heterocycles. The molecule has 0 amide bonds. The Morgan fingerprint density at radius 1 is 1.12 bits per heavy atom. The van der Waals surface area contributed by atoms with Crippen molar-refractivity contribution in [2.45, 2.75) is 51.3 Å². The zero-order chi connectivity index (χ0) is 18.6. The largest absolute Gasteiger partial charge is 0.423 e. The molecule has 0 spiro atoms. The Hall–Kier alpha value is -2.15. The van der Waals surface area contributed by atoms with Crippen LogP contribution in [-0.2, 0) is 24.3 Å². The monoisotopic (exact) mass is 365 g/mol. The minimum absolute atomic E-state index is 0.0347. The van der Waals surface area contributed by atoms with Gasteiger partial charge < -0.3 is 4.74 Å². The minimum Gasteiger partial charge on any atom is -0.423 e. The lowest BCUT2D eigenvalue weighted by atomic mass is 10.1. The zero-order valence-electron chi connectivity index (χ0n) is 14.7. The van der Waals surface area contributed by atoms with Crippen LogP contribution in [0, 0.1) is 0 Å². The molecule has 0 fully saturated rings. The molecule has 136 valence electrons. The highest BCUT2D eigenvalue weighted by Crippen LogP contribution is 2.38. The molecule has 1 aliphatic heterocycles. The molecule has 1 heterocycles. The van der Waals surface area contributed by atoms with Crippen LogP contribution in [0.4, 0.5) is 0 Å². The minimum atomic E-state index is -3.86. The number of nitrogens with zero attached hydrogens (tertiary/aromatic N) is 1. The van der Waals surface area contributed by atoms with Crippen molar-refractivity contribution >= 4 is 27.5 Å². The Morgan fingerprint density at radius 2 is 1.80 bits per heavy atom. The van der Waals surface area contributed by atoms with Crippen LogP contribution < -0.4 is 0 Å². The van der Waals surface area contributed by atoms with Crippen LogP contribution in [0.15, 0.2) is 34.9 Å². The molecule has 2 rings (SSSR count). The Balaban J connectivity index is 2.65. The van der Waals surface area contributed by atoms with E-state index in [9.17, 15) is 18.0 Å². The molecule has 0 atom stereocenters. The summed E-state index contributed by atoms with van der Waals surface area (Å²) in [6.07, 6.45) is 2.24. The fourth-order valence-corrected chi connectivity index (χ4v) is 4.52.